The van der Waals surface area contributed by atoms with Crippen molar-refractivity contribution >= 4 is 0 Å². The van der Waals surface area contributed by atoms with E-state index in [1.54, 1.807) is 0 Å². The topological polar surface area (TPSA) is 43.8 Å². The molecule has 0 aliphatic carbocycles. The predicted octanol–water partition coefficient (Wildman–Crippen LogP) is 2.53. The normalized spacial score (nSPS) is 11.8. The molecule has 1 aromatic carbocycles. The van der Waals surface area contributed by atoms with Gasteiger partial charge in [-0.3, -0.25) is 0 Å². The number of rotatable bonds is 3. The summed E-state index contributed by atoms with van der Waals surface area (Å²) in [5, 5.41) is 3.66. The first-order chi connectivity index (χ1) is 8.91. The van der Waals surface area contributed by atoms with Gasteiger partial charge < -0.3 is 5.73 Å². The Morgan fingerprint density at radius 2 is 2.00 bits per heavy atom. The maximum Gasteiger partial charge on any atom is 0.419 e. The fraction of sp³-hybridized carbons (Fsp3) is 0.250. The Morgan fingerprint density at radius 3 is 2.58 bits per heavy atom. The average molecular weight is 273 g/mol. The molecule has 0 spiro atoms. The smallest absolute Gasteiger partial charge is 0.330 e. The van der Waals surface area contributed by atoms with E-state index in [-0.39, 0.29) is 6.54 Å². The van der Waals surface area contributed by atoms with Gasteiger partial charge in [-0.05, 0) is 36.7 Å². The number of alkyl halides is 3. The van der Waals surface area contributed by atoms with Gasteiger partial charge in [0.15, 0.2) is 0 Å². The fourth-order valence-corrected chi connectivity index (χ4v) is 1.73. The molecule has 7 heteroatoms. The number of nitrogens with zero attached hydrogens (tertiary/aromatic N) is 2. The third-order valence-corrected chi connectivity index (χ3v) is 2.61. The van der Waals surface area contributed by atoms with Crippen LogP contribution in [-0.4, -0.2) is 16.3 Å². The lowest BCUT2D eigenvalue weighted by Gasteiger charge is -2.09. The average Bonchev–Trinajstić information content (AvgIpc) is 2.78. The fourth-order valence-electron chi connectivity index (χ4n) is 1.73. The molecule has 0 aliphatic heterocycles. The molecule has 0 saturated carbocycles. The molecule has 0 unspecified atom stereocenters. The van der Waals surface area contributed by atoms with Gasteiger partial charge in [0.25, 0.3) is 0 Å². The summed E-state index contributed by atoms with van der Waals surface area (Å²) in [6.07, 6.45) is -2.50. The SMILES string of the molecule is NCCc1cc(F)ccc1-n1cc(C(F)(F)F)cn1. The Bertz CT molecular complexity index is 575. The number of hydrogen-bond acceptors (Lipinski definition) is 2. The molecule has 0 radical (unpaired) electrons. The molecule has 2 N–H and O–H groups in total. The zero-order valence-electron chi connectivity index (χ0n) is 9.78. The Balaban J connectivity index is 2.44. The summed E-state index contributed by atoms with van der Waals surface area (Å²) in [6.45, 7) is 0.268. The summed E-state index contributed by atoms with van der Waals surface area (Å²) >= 11 is 0. The molecule has 2 rings (SSSR count). The van der Waals surface area contributed by atoms with Gasteiger partial charge in [0.05, 0.1) is 17.4 Å². The van der Waals surface area contributed by atoms with Gasteiger partial charge >= 0.3 is 6.18 Å². The van der Waals surface area contributed by atoms with Crippen molar-refractivity contribution in [2.75, 3.05) is 6.54 Å². The molecule has 0 aliphatic rings. The first-order valence-corrected chi connectivity index (χ1v) is 5.52. The van der Waals surface area contributed by atoms with Crippen molar-refractivity contribution < 1.29 is 17.6 Å². The third kappa shape index (κ3) is 2.93. The highest BCUT2D eigenvalue weighted by atomic mass is 19.4. The van der Waals surface area contributed by atoms with Gasteiger partial charge in [0, 0.05) is 6.20 Å². The summed E-state index contributed by atoms with van der Waals surface area (Å²) < 4.78 is 51.7. The molecule has 2 aromatic rings. The molecule has 1 aromatic heterocycles. The highest BCUT2D eigenvalue weighted by molar-refractivity contribution is 5.41. The van der Waals surface area contributed by atoms with Gasteiger partial charge in [-0.15, -0.1) is 0 Å². The third-order valence-electron chi connectivity index (χ3n) is 2.61. The Labute approximate surface area is 106 Å². The lowest BCUT2D eigenvalue weighted by atomic mass is 10.1. The Hall–Kier alpha value is -1.89. The van der Waals surface area contributed by atoms with E-state index in [4.69, 9.17) is 5.73 Å². The van der Waals surface area contributed by atoms with Gasteiger partial charge in [-0.1, -0.05) is 0 Å². The molecule has 0 fully saturated rings. The van der Waals surface area contributed by atoms with Crippen molar-refractivity contribution in [3.8, 4) is 5.69 Å². The van der Waals surface area contributed by atoms with Crippen molar-refractivity contribution in [1.29, 1.82) is 0 Å². The van der Waals surface area contributed by atoms with Crippen LogP contribution in [0.15, 0.2) is 30.6 Å². The van der Waals surface area contributed by atoms with Crippen LogP contribution in [0.3, 0.4) is 0 Å². The van der Waals surface area contributed by atoms with Crippen LogP contribution in [0, 0.1) is 5.82 Å². The van der Waals surface area contributed by atoms with Crippen LogP contribution in [0.1, 0.15) is 11.1 Å². The minimum atomic E-state index is -4.45. The van der Waals surface area contributed by atoms with Gasteiger partial charge in [-0.25, -0.2) is 9.07 Å². The molecule has 102 valence electrons. The zero-order valence-corrected chi connectivity index (χ0v) is 9.78. The van der Waals surface area contributed by atoms with Crippen LogP contribution in [0.4, 0.5) is 17.6 Å². The minimum absolute atomic E-state index is 0.268. The van der Waals surface area contributed by atoms with E-state index in [9.17, 15) is 17.6 Å². The molecule has 0 saturated heterocycles. The van der Waals surface area contributed by atoms with Crippen LogP contribution >= 0.6 is 0 Å². The first kappa shape index (κ1) is 13.5. The first-order valence-electron chi connectivity index (χ1n) is 5.52. The Kier molecular flexibility index (Phi) is 3.57. The van der Waals surface area contributed by atoms with Crippen molar-refractivity contribution in [3.63, 3.8) is 0 Å². The number of benzene rings is 1. The number of aromatic nitrogens is 2. The van der Waals surface area contributed by atoms with E-state index in [1.165, 1.54) is 18.2 Å². The second kappa shape index (κ2) is 5.00. The zero-order chi connectivity index (χ0) is 14.0. The molecule has 0 bridgehead atoms. The Morgan fingerprint density at radius 1 is 1.26 bits per heavy atom. The number of hydrogen-bond donors (Lipinski definition) is 1. The second-order valence-corrected chi connectivity index (χ2v) is 3.98. The highest BCUT2D eigenvalue weighted by Crippen LogP contribution is 2.29. The van der Waals surface area contributed by atoms with Crippen molar-refractivity contribution in [2.45, 2.75) is 12.6 Å². The number of nitrogens with two attached hydrogens (primary N) is 1. The molecule has 0 atom stereocenters. The molecular formula is C12H11F4N3. The van der Waals surface area contributed by atoms with Crippen LogP contribution in [0.25, 0.3) is 5.69 Å². The largest absolute Gasteiger partial charge is 0.419 e. The second-order valence-electron chi connectivity index (χ2n) is 3.98. The molecule has 0 amide bonds. The lowest BCUT2D eigenvalue weighted by Crippen LogP contribution is -2.08. The van der Waals surface area contributed by atoms with E-state index >= 15 is 0 Å². The predicted molar refractivity (Wildman–Crippen MR) is 61.3 cm³/mol. The van der Waals surface area contributed by atoms with E-state index in [2.05, 4.69) is 5.10 Å². The van der Waals surface area contributed by atoms with Crippen LogP contribution in [0.5, 0.6) is 0 Å². The van der Waals surface area contributed by atoms with E-state index in [0.29, 0.717) is 17.7 Å². The summed E-state index contributed by atoms with van der Waals surface area (Å²) in [7, 11) is 0. The summed E-state index contributed by atoms with van der Waals surface area (Å²) in [6, 6.07) is 3.80. The molecule has 3 nitrogen and oxygen atoms in total. The van der Waals surface area contributed by atoms with E-state index < -0.39 is 17.6 Å². The van der Waals surface area contributed by atoms with Gasteiger partial charge in [-0.2, -0.15) is 18.3 Å². The van der Waals surface area contributed by atoms with Crippen LogP contribution in [-0.2, 0) is 12.6 Å². The maximum atomic E-state index is 13.1. The highest BCUT2D eigenvalue weighted by Gasteiger charge is 2.32. The standard InChI is InChI=1S/C12H11F4N3/c13-10-1-2-11(8(5-10)3-4-17)19-7-9(6-18-19)12(14,15)16/h1-2,5-7H,3-4,17H2. The van der Waals surface area contributed by atoms with Crippen molar-refractivity contribution in [1.82, 2.24) is 9.78 Å². The van der Waals surface area contributed by atoms with Crippen LogP contribution < -0.4 is 5.73 Å². The summed E-state index contributed by atoms with van der Waals surface area (Å²) in [5.74, 6) is -0.463. The van der Waals surface area contributed by atoms with Crippen molar-refractivity contribution in [2.24, 2.45) is 5.73 Å². The molecule has 1 heterocycles. The minimum Gasteiger partial charge on any atom is -0.330 e. The quantitative estimate of drug-likeness (QED) is 0.873. The number of halogens is 4. The lowest BCUT2D eigenvalue weighted by molar-refractivity contribution is -0.137. The van der Waals surface area contributed by atoms with Crippen molar-refractivity contribution in [3.05, 3.63) is 47.5 Å². The molecular weight excluding hydrogens is 262 g/mol. The van der Waals surface area contributed by atoms with E-state index in [1.807, 2.05) is 0 Å². The van der Waals surface area contributed by atoms with Gasteiger partial charge in [0.1, 0.15) is 5.82 Å². The van der Waals surface area contributed by atoms with Gasteiger partial charge in [0.2, 0.25) is 0 Å². The maximum absolute atomic E-state index is 13.1. The summed E-state index contributed by atoms with van der Waals surface area (Å²) in [4.78, 5) is 0. The summed E-state index contributed by atoms with van der Waals surface area (Å²) in [5.41, 5.74) is 5.45. The molecule has 19 heavy (non-hydrogen) atoms. The van der Waals surface area contributed by atoms with E-state index in [0.717, 1.165) is 17.1 Å². The monoisotopic (exact) mass is 273 g/mol. The van der Waals surface area contributed by atoms with Crippen LogP contribution in [0.2, 0.25) is 0 Å².